The molecule has 0 saturated heterocycles. The van der Waals surface area contributed by atoms with Gasteiger partial charge in [-0.2, -0.15) is 0 Å². The fourth-order valence-corrected chi connectivity index (χ4v) is 5.00. The summed E-state index contributed by atoms with van der Waals surface area (Å²) in [4.78, 5) is 0. The van der Waals surface area contributed by atoms with Crippen molar-refractivity contribution in [3.05, 3.63) is 33.8 Å². The van der Waals surface area contributed by atoms with Crippen molar-refractivity contribution < 1.29 is 0 Å². The molecular weight excluding hydrogens is 301 g/mol. The molecule has 1 aromatic carbocycles. The van der Waals surface area contributed by atoms with Gasteiger partial charge >= 0.3 is 0 Å². The summed E-state index contributed by atoms with van der Waals surface area (Å²) < 4.78 is 0. The molecule has 3 unspecified atom stereocenters. The Labute approximate surface area is 138 Å². The molecule has 0 amide bonds. The van der Waals surface area contributed by atoms with Crippen LogP contribution in [0.3, 0.4) is 0 Å². The van der Waals surface area contributed by atoms with Crippen molar-refractivity contribution in [3.63, 3.8) is 0 Å². The Morgan fingerprint density at radius 2 is 2.14 bits per heavy atom. The number of halogens is 2. The second kappa shape index (κ2) is 6.48. The Morgan fingerprint density at radius 3 is 2.81 bits per heavy atom. The van der Waals surface area contributed by atoms with Gasteiger partial charge in [0.1, 0.15) is 0 Å². The van der Waals surface area contributed by atoms with E-state index < -0.39 is 0 Å². The lowest BCUT2D eigenvalue weighted by Crippen LogP contribution is -2.40. The van der Waals surface area contributed by atoms with Gasteiger partial charge in [0.15, 0.2) is 0 Å². The minimum atomic E-state index is 0.395. The second-order valence-electron chi connectivity index (χ2n) is 7.03. The van der Waals surface area contributed by atoms with Crippen molar-refractivity contribution in [3.8, 4) is 0 Å². The molecule has 116 valence electrons. The molecule has 1 aromatic rings. The van der Waals surface area contributed by atoms with E-state index in [1.165, 1.54) is 37.7 Å². The summed E-state index contributed by atoms with van der Waals surface area (Å²) in [6.45, 7) is 4.47. The molecule has 0 aromatic heterocycles. The quantitative estimate of drug-likeness (QED) is 0.696. The van der Waals surface area contributed by atoms with Gasteiger partial charge < -0.3 is 5.32 Å². The van der Waals surface area contributed by atoms with E-state index in [0.717, 1.165) is 41.4 Å². The number of hydrogen-bond acceptors (Lipinski definition) is 1. The molecule has 3 atom stereocenters. The lowest BCUT2D eigenvalue weighted by molar-refractivity contribution is 0.156. The number of hydrogen-bond donors (Lipinski definition) is 1. The highest BCUT2D eigenvalue weighted by Gasteiger charge is 2.50. The van der Waals surface area contributed by atoms with E-state index in [-0.39, 0.29) is 0 Å². The summed E-state index contributed by atoms with van der Waals surface area (Å²) in [6.07, 6.45) is 7.88. The van der Waals surface area contributed by atoms with Crippen molar-refractivity contribution in [2.24, 2.45) is 17.3 Å². The lowest BCUT2D eigenvalue weighted by atomic mass is 9.69. The van der Waals surface area contributed by atoms with Gasteiger partial charge in [0, 0.05) is 16.6 Å². The molecule has 0 heterocycles. The van der Waals surface area contributed by atoms with E-state index in [9.17, 15) is 0 Å². The van der Waals surface area contributed by atoms with Crippen LogP contribution in [-0.4, -0.2) is 13.1 Å². The van der Waals surface area contributed by atoms with Crippen molar-refractivity contribution >= 4 is 23.2 Å². The average molecular weight is 326 g/mol. The van der Waals surface area contributed by atoms with Crippen molar-refractivity contribution in [1.29, 1.82) is 0 Å². The summed E-state index contributed by atoms with van der Waals surface area (Å²) in [7, 11) is 0. The minimum absolute atomic E-state index is 0.395. The molecule has 3 rings (SSSR count). The van der Waals surface area contributed by atoms with Crippen molar-refractivity contribution in [2.45, 2.75) is 45.4 Å². The van der Waals surface area contributed by atoms with Crippen LogP contribution >= 0.6 is 23.2 Å². The van der Waals surface area contributed by atoms with E-state index in [1.54, 1.807) is 0 Å². The van der Waals surface area contributed by atoms with Gasteiger partial charge in [-0.05, 0) is 79.7 Å². The minimum Gasteiger partial charge on any atom is -0.316 e. The van der Waals surface area contributed by atoms with Gasteiger partial charge in [0.25, 0.3) is 0 Å². The third kappa shape index (κ3) is 3.25. The smallest absolute Gasteiger partial charge is 0.0439 e. The van der Waals surface area contributed by atoms with Crippen LogP contribution < -0.4 is 5.32 Å². The number of rotatable bonds is 6. The summed E-state index contributed by atoms with van der Waals surface area (Å²) in [5, 5.41) is 5.35. The molecule has 3 heteroatoms. The number of nitrogens with one attached hydrogen (secondary N) is 1. The van der Waals surface area contributed by atoms with Gasteiger partial charge in [0.2, 0.25) is 0 Å². The first-order chi connectivity index (χ1) is 10.1. The molecule has 0 spiro atoms. The summed E-state index contributed by atoms with van der Waals surface area (Å²) >= 11 is 12.6. The summed E-state index contributed by atoms with van der Waals surface area (Å²) in [6, 6.07) is 5.90. The maximum Gasteiger partial charge on any atom is 0.0439 e. The number of fused-ring (bicyclic) bond motifs is 2. The highest BCUT2D eigenvalue weighted by molar-refractivity contribution is 6.33. The molecular formula is C18H25Cl2N. The van der Waals surface area contributed by atoms with Crippen LogP contribution in [0.5, 0.6) is 0 Å². The van der Waals surface area contributed by atoms with Gasteiger partial charge in [-0.25, -0.2) is 0 Å². The molecule has 0 aliphatic heterocycles. The zero-order valence-corrected chi connectivity index (χ0v) is 14.3. The SMILES string of the molecule is CCCNCC1(Cc2cc(Cl)ccc2Cl)CC2CCC1C2. The third-order valence-electron chi connectivity index (χ3n) is 5.56. The largest absolute Gasteiger partial charge is 0.316 e. The van der Waals surface area contributed by atoms with Gasteiger partial charge in [-0.15, -0.1) is 0 Å². The predicted molar refractivity (Wildman–Crippen MR) is 91.2 cm³/mol. The maximum absolute atomic E-state index is 6.42. The summed E-state index contributed by atoms with van der Waals surface area (Å²) in [5.41, 5.74) is 1.63. The molecule has 0 radical (unpaired) electrons. The lowest BCUT2D eigenvalue weighted by Gasteiger charge is -2.38. The fourth-order valence-electron chi connectivity index (χ4n) is 4.63. The molecule has 2 saturated carbocycles. The predicted octanol–water partition coefficient (Wildman–Crippen LogP) is 5.34. The number of benzene rings is 1. The molecule has 2 aliphatic carbocycles. The van der Waals surface area contributed by atoms with Gasteiger partial charge in [-0.1, -0.05) is 36.5 Å². The topological polar surface area (TPSA) is 12.0 Å². The fraction of sp³-hybridized carbons (Fsp3) is 0.667. The first kappa shape index (κ1) is 15.6. The van der Waals surface area contributed by atoms with E-state index in [4.69, 9.17) is 23.2 Å². The molecule has 2 bridgehead atoms. The Bertz CT molecular complexity index is 502. The van der Waals surface area contributed by atoms with E-state index in [0.29, 0.717) is 5.41 Å². The third-order valence-corrected chi connectivity index (χ3v) is 6.16. The van der Waals surface area contributed by atoms with Crippen molar-refractivity contribution in [2.75, 3.05) is 13.1 Å². The van der Waals surface area contributed by atoms with Gasteiger partial charge in [0.05, 0.1) is 0 Å². The molecule has 1 N–H and O–H groups in total. The normalized spacial score (nSPS) is 31.0. The molecule has 2 aliphatic rings. The van der Waals surface area contributed by atoms with Crippen LogP contribution in [0.25, 0.3) is 0 Å². The molecule has 1 nitrogen and oxygen atoms in total. The van der Waals surface area contributed by atoms with Gasteiger partial charge in [-0.3, -0.25) is 0 Å². The first-order valence-electron chi connectivity index (χ1n) is 8.27. The zero-order valence-electron chi connectivity index (χ0n) is 12.8. The van der Waals surface area contributed by atoms with E-state index >= 15 is 0 Å². The van der Waals surface area contributed by atoms with Crippen LogP contribution in [0.1, 0.15) is 44.6 Å². The zero-order chi connectivity index (χ0) is 14.9. The van der Waals surface area contributed by atoms with Crippen LogP contribution in [-0.2, 0) is 6.42 Å². The highest BCUT2D eigenvalue weighted by Crippen LogP contribution is 2.57. The average Bonchev–Trinajstić information content (AvgIpc) is 3.04. The Hall–Kier alpha value is -0.240. The standard InChI is InChI=1S/C18H25Cl2N/c1-2-7-21-12-18(10-13-3-4-15(18)8-13)11-14-9-16(19)5-6-17(14)20/h5-6,9,13,15,21H,2-4,7-8,10-12H2,1H3. The Kier molecular flexibility index (Phi) is 4.83. The Morgan fingerprint density at radius 1 is 1.29 bits per heavy atom. The van der Waals surface area contributed by atoms with E-state index in [2.05, 4.69) is 18.3 Å². The van der Waals surface area contributed by atoms with Crippen LogP contribution in [0.15, 0.2) is 18.2 Å². The van der Waals surface area contributed by atoms with Crippen LogP contribution in [0.2, 0.25) is 10.0 Å². The van der Waals surface area contributed by atoms with Crippen LogP contribution in [0.4, 0.5) is 0 Å². The molecule has 2 fully saturated rings. The van der Waals surface area contributed by atoms with Crippen LogP contribution in [0, 0.1) is 17.3 Å². The Balaban J connectivity index is 1.81. The maximum atomic E-state index is 6.42. The monoisotopic (exact) mass is 325 g/mol. The first-order valence-corrected chi connectivity index (χ1v) is 9.03. The highest BCUT2D eigenvalue weighted by atomic mass is 35.5. The molecule has 21 heavy (non-hydrogen) atoms. The second-order valence-corrected chi connectivity index (χ2v) is 7.88. The van der Waals surface area contributed by atoms with E-state index in [1.807, 2.05) is 12.1 Å². The summed E-state index contributed by atoms with van der Waals surface area (Å²) in [5.74, 6) is 1.80. The van der Waals surface area contributed by atoms with Crippen molar-refractivity contribution in [1.82, 2.24) is 5.32 Å².